The average Bonchev–Trinajstić information content (AvgIpc) is 2.88. The first-order valence-corrected chi connectivity index (χ1v) is 8.54. The van der Waals surface area contributed by atoms with Crippen molar-refractivity contribution in [2.24, 2.45) is 0 Å². The molecule has 0 radical (unpaired) electrons. The molecule has 1 heterocycles. The summed E-state index contributed by atoms with van der Waals surface area (Å²) in [7, 11) is 0. The smallest absolute Gasteiger partial charge is 0.180 e. The molecule has 0 aromatic heterocycles. The second kappa shape index (κ2) is 6.15. The lowest BCUT2D eigenvalue weighted by atomic mass is 9.93. The molecule has 2 rings (SSSR count). The largest absolute Gasteiger partial charge is 0.346 e. The van der Waals surface area contributed by atoms with Gasteiger partial charge in [0.2, 0.25) is 0 Å². The number of thioether (sulfide) groups is 1. The van der Waals surface area contributed by atoms with Crippen LogP contribution in [0.5, 0.6) is 0 Å². The van der Waals surface area contributed by atoms with Crippen molar-refractivity contribution in [1.29, 1.82) is 0 Å². The van der Waals surface area contributed by atoms with Crippen molar-refractivity contribution in [2.45, 2.75) is 81.5 Å². The van der Waals surface area contributed by atoms with Gasteiger partial charge in [-0.1, -0.05) is 27.2 Å². The van der Waals surface area contributed by atoms with Crippen molar-refractivity contribution in [3.63, 3.8) is 0 Å². The first-order valence-electron chi connectivity index (χ1n) is 7.66. The molecule has 106 valence electrons. The van der Waals surface area contributed by atoms with Crippen molar-refractivity contribution in [2.75, 3.05) is 13.2 Å². The second-order valence-corrected chi connectivity index (χ2v) is 7.28. The van der Waals surface area contributed by atoms with E-state index in [4.69, 9.17) is 9.47 Å². The van der Waals surface area contributed by atoms with Gasteiger partial charge in [-0.3, -0.25) is 0 Å². The summed E-state index contributed by atoms with van der Waals surface area (Å²) < 4.78 is 12.5. The second-order valence-electron chi connectivity index (χ2n) is 5.60. The minimum atomic E-state index is -0.242. The summed E-state index contributed by atoms with van der Waals surface area (Å²) in [5.74, 6) is -0.242. The highest BCUT2D eigenvalue weighted by Gasteiger charge is 2.48. The standard InChI is InChI=1S/C15H28O2S/c1-4-14(5-2,6-3)18-13-9-7-8-10-15(13)16-11-12-17-15/h13H,4-12H2,1-3H3. The lowest BCUT2D eigenvalue weighted by Gasteiger charge is -2.44. The van der Waals surface area contributed by atoms with E-state index in [2.05, 4.69) is 32.5 Å². The first-order chi connectivity index (χ1) is 8.70. The molecule has 2 nitrogen and oxygen atoms in total. The van der Waals surface area contributed by atoms with Gasteiger partial charge >= 0.3 is 0 Å². The van der Waals surface area contributed by atoms with Crippen molar-refractivity contribution >= 4 is 11.8 Å². The zero-order valence-corrected chi connectivity index (χ0v) is 13.0. The maximum atomic E-state index is 6.03. The van der Waals surface area contributed by atoms with E-state index in [1.165, 1.54) is 38.5 Å². The third-order valence-electron chi connectivity index (χ3n) is 4.83. The summed E-state index contributed by atoms with van der Waals surface area (Å²) in [6.45, 7) is 8.55. The summed E-state index contributed by atoms with van der Waals surface area (Å²) in [5, 5.41) is 0.536. The summed E-state index contributed by atoms with van der Waals surface area (Å²) in [6, 6.07) is 0. The summed E-state index contributed by atoms with van der Waals surface area (Å²) in [5.41, 5.74) is 0. The zero-order chi connectivity index (χ0) is 13.1. The van der Waals surface area contributed by atoms with E-state index in [-0.39, 0.29) is 5.79 Å². The molecule has 2 fully saturated rings. The molecule has 0 aromatic carbocycles. The van der Waals surface area contributed by atoms with Crippen LogP contribution < -0.4 is 0 Å². The van der Waals surface area contributed by atoms with Gasteiger partial charge in [-0.05, 0) is 32.1 Å². The van der Waals surface area contributed by atoms with Gasteiger partial charge in [0.1, 0.15) is 0 Å². The number of ether oxygens (including phenoxy) is 2. The van der Waals surface area contributed by atoms with Crippen LogP contribution in [0.2, 0.25) is 0 Å². The molecule has 18 heavy (non-hydrogen) atoms. The van der Waals surface area contributed by atoms with Crippen molar-refractivity contribution in [3.8, 4) is 0 Å². The van der Waals surface area contributed by atoms with Crippen LogP contribution in [0.25, 0.3) is 0 Å². The summed E-state index contributed by atoms with van der Waals surface area (Å²) in [4.78, 5) is 0. The molecule has 1 saturated carbocycles. The molecular formula is C15H28O2S. The molecule has 1 saturated heterocycles. The Morgan fingerprint density at radius 2 is 1.67 bits per heavy atom. The lowest BCUT2D eigenvalue weighted by Crippen LogP contribution is -2.46. The van der Waals surface area contributed by atoms with E-state index < -0.39 is 0 Å². The number of hydrogen-bond donors (Lipinski definition) is 0. The molecule has 3 heteroatoms. The van der Waals surface area contributed by atoms with Gasteiger partial charge in [-0.2, -0.15) is 0 Å². The van der Waals surface area contributed by atoms with Crippen LogP contribution in [0, 0.1) is 0 Å². The molecule has 1 spiro atoms. The molecule has 1 atom stereocenters. The molecule has 1 aliphatic carbocycles. The molecule has 0 amide bonds. The molecule has 0 N–H and O–H groups in total. The molecular weight excluding hydrogens is 244 g/mol. The van der Waals surface area contributed by atoms with Gasteiger partial charge in [-0.15, -0.1) is 11.8 Å². The SMILES string of the molecule is CCC(CC)(CC)SC1CCCCC12OCCO2. The van der Waals surface area contributed by atoms with Crippen LogP contribution in [-0.2, 0) is 9.47 Å². The number of hydrogen-bond acceptors (Lipinski definition) is 3. The van der Waals surface area contributed by atoms with E-state index in [9.17, 15) is 0 Å². The highest BCUT2D eigenvalue weighted by atomic mass is 32.2. The molecule has 0 bridgehead atoms. The average molecular weight is 272 g/mol. The van der Waals surface area contributed by atoms with Gasteiger partial charge in [0, 0.05) is 11.2 Å². The van der Waals surface area contributed by atoms with Crippen LogP contribution in [0.4, 0.5) is 0 Å². The highest BCUT2D eigenvalue weighted by molar-refractivity contribution is 8.01. The van der Waals surface area contributed by atoms with Crippen LogP contribution in [0.15, 0.2) is 0 Å². The highest BCUT2D eigenvalue weighted by Crippen LogP contribution is 2.49. The minimum Gasteiger partial charge on any atom is -0.346 e. The molecule has 1 unspecified atom stereocenters. The molecule has 0 aromatic rings. The maximum Gasteiger partial charge on any atom is 0.180 e. The van der Waals surface area contributed by atoms with Gasteiger partial charge in [0.15, 0.2) is 5.79 Å². The van der Waals surface area contributed by atoms with Crippen molar-refractivity contribution in [1.82, 2.24) is 0 Å². The minimum absolute atomic E-state index is 0.242. The number of rotatable bonds is 5. The topological polar surface area (TPSA) is 18.5 Å². The van der Waals surface area contributed by atoms with E-state index in [1.54, 1.807) is 0 Å². The Labute approximate surface area is 116 Å². The maximum absolute atomic E-state index is 6.03. The van der Waals surface area contributed by atoms with Crippen molar-refractivity contribution < 1.29 is 9.47 Å². The third kappa shape index (κ3) is 2.73. The molecule has 1 aliphatic heterocycles. The predicted molar refractivity (Wildman–Crippen MR) is 78.1 cm³/mol. The fraction of sp³-hybridized carbons (Fsp3) is 1.00. The fourth-order valence-corrected chi connectivity index (χ4v) is 5.15. The molecule has 2 aliphatic rings. The first kappa shape index (κ1) is 14.7. The van der Waals surface area contributed by atoms with Crippen LogP contribution >= 0.6 is 11.8 Å². The van der Waals surface area contributed by atoms with Crippen LogP contribution in [0.1, 0.15) is 65.7 Å². The van der Waals surface area contributed by atoms with E-state index >= 15 is 0 Å². The Kier molecular flexibility index (Phi) is 5.01. The summed E-state index contributed by atoms with van der Waals surface area (Å²) >= 11 is 2.16. The van der Waals surface area contributed by atoms with E-state index in [0.29, 0.717) is 10.00 Å². The Morgan fingerprint density at radius 3 is 2.22 bits per heavy atom. The van der Waals surface area contributed by atoms with E-state index in [0.717, 1.165) is 19.6 Å². The monoisotopic (exact) mass is 272 g/mol. The zero-order valence-electron chi connectivity index (χ0n) is 12.2. The van der Waals surface area contributed by atoms with Gasteiger partial charge in [0.25, 0.3) is 0 Å². The van der Waals surface area contributed by atoms with E-state index in [1.807, 2.05) is 0 Å². The quantitative estimate of drug-likeness (QED) is 0.740. The van der Waals surface area contributed by atoms with Gasteiger partial charge in [-0.25, -0.2) is 0 Å². The third-order valence-corrected chi connectivity index (χ3v) is 7.08. The van der Waals surface area contributed by atoms with Crippen LogP contribution in [-0.4, -0.2) is 29.0 Å². The Morgan fingerprint density at radius 1 is 1.06 bits per heavy atom. The Hall–Kier alpha value is 0.270. The lowest BCUT2D eigenvalue weighted by molar-refractivity contribution is -0.171. The fourth-order valence-electron chi connectivity index (χ4n) is 3.33. The Balaban J connectivity index is 2.09. The Bertz CT molecular complexity index is 249. The predicted octanol–water partition coefficient (Wildman–Crippen LogP) is 4.37. The van der Waals surface area contributed by atoms with Gasteiger partial charge in [0.05, 0.1) is 18.5 Å². The normalized spacial score (nSPS) is 27.8. The van der Waals surface area contributed by atoms with Crippen molar-refractivity contribution in [3.05, 3.63) is 0 Å². The van der Waals surface area contributed by atoms with Gasteiger partial charge < -0.3 is 9.47 Å². The van der Waals surface area contributed by atoms with Crippen LogP contribution in [0.3, 0.4) is 0 Å². The summed E-state index contributed by atoms with van der Waals surface area (Å²) in [6.07, 6.45) is 8.68.